The molecule has 0 radical (unpaired) electrons. The van der Waals surface area contributed by atoms with Crippen LogP contribution < -0.4 is 10.1 Å². The highest BCUT2D eigenvalue weighted by Crippen LogP contribution is 2.23. The minimum Gasteiger partial charge on any atom is -0.497 e. The fourth-order valence-corrected chi connectivity index (χ4v) is 2.30. The zero-order valence-electron chi connectivity index (χ0n) is 13.0. The predicted octanol–water partition coefficient (Wildman–Crippen LogP) is 3.59. The molecule has 114 valence electrons. The molecule has 1 aromatic carbocycles. The van der Waals surface area contributed by atoms with Gasteiger partial charge in [-0.05, 0) is 44.5 Å². The molecule has 2 rings (SSSR count). The Morgan fingerprint density at radius 1 is 1.33 bits per heavy atom. The third-order valence-electron chi connectivity index (χ3n) is 3.09. The predicted molar refractivity (Wildman–Crippen MR) is 88.6 cm³/mol. The van der Waals surface area contributed by atoms with Crippen LogP contribution in [0, 0.1) is 0 Å². The zero-order valence-corrected chi connectivity index (χ0v) is 14.6. The Morgan fingerprint density at radius 2 is 2.10 bits per heavy atom. The molecule has 0 bridgehead atoms. The van der Waals surface area contributed by atoms with Crippen LogP contribution in [0.1, 0.15) is 31.9 Å². The minimum atomic E-state index is 0.109. The molecule has 0 spiro atoms. The average molecular weight is 352 g/mol. The summed E-state index contributed by atoms with van der Waals surface area (Å²) in [5.41, 5.74) is 2.44. The number of nitrogens with zero attached hydrogens (tertiary/aromatic N) is 2. The van der Waals surface area contributed by atoms with Crippen LogP contribution in [0.4, 0.5) is 0 Å². The lowest BCUT2D eigenvalue weighted by Crippen LogP contribution is -2.34. The van der Waals surface area contributed by atoms with Gasteiger partial charge in [0.1, 0.15) is 5.75 Å². The molecule has 5 heteroatoms. The van der Waals surface area contributed by atoms with Gasteiger partial charge in [0.2, 0.25) is 0 Å². The molecule has 0 aliphatic rings. The van der Waals surface area contributed by atoms with E-state index in [4.69, 9.17) is 4.74 Å². The highest BCUT2D eigenvalue weighted by Gasteiger charge is 2.10. The van der Waals surface area contributed by atoms with Crippen molar-refractivity contribution >= 4 is 15.9 Å². The van der Waals surface area contributed by atoms with Crippen molar-refractivity contribution in [2.45, 2.75) is 39.4 Å². The number of ether oxygens (including phenoxy) is 1. The summed E-state index contributed by atoms with van der Waals surface area (Å²) < 4.78 is 8.28. The molecule has 1 N–H and O–H groups in total. The van der Waals surface area contributed by atoms with E-state index in [1.54, 1.807) is 7.11 Å². The monoisotopic (exact) mass is 351 g/mol. The van der Waals surface area contributed by atoms with Gasteiger partial charge in [0.25, 0.3) is 0 Å². The van der Waals surface area contributed by atoms with Crippen molar-refractivity contribution in [3.63, 3.8) is 0 Å². The summed E-state index contributed by atoms with van der Waals surface area (Å²) in [6.45, 7) is 8.01. The van der Waals surface area contributed by atoms with Gasteiger partial charge in [-0.3, -0.25) is 4.68 Å². The second-order valence-corrected chi connectivity index (χ2v) is 6.96. The van der Waals surface area contributed by atoms with Gasteiger partial charge in [0, 0.05) is 28.3 Å². The summed E-state index contributed by atoms with van der Waals surface area (Å²) in [5, 5.41) is 7.89. The second kappa shape index (κ2) is 6.62. The van der Waals surface area contributed by atoms with E-state index in [0.29, 0.717) is 6.54 Å². The van der Waals surface area contributed by atoms with Crippen molar-refractivity contribution in [3.05, 3.63) is 46.2 Å². The number of halogens is 1. The third-order valence-corrected chi connectivity index (χ3v) is 3.87. The Labute approximate surface area is 134 Å². The van der Waals surface area contributed by atoms with Gasteiger partial charge in [-0.1, -0.05) is 15.9 Å². The van der Waals surface area contributed by atoms with Crippen LogP contribution in [0.15, 0.2) is 35.1 Å². The molecule has 0 atom stereocenters. The fourth-order valence-electron chi connectivity index (χ4n) is 1.93. The summed E-state index contributed by atoms with van der Waals surface area (Å²) in [7, 11) is 1.68. The van der Waals surface area contributed by atoms with Crippen molar-refractivity contribution in [2.75, 3.05) is 7.11 Å². The molecule has 1 aromatic heterocycles. The Kier molecular flexibility index (Phi) is 5.06. The summed E-state index contributed by atoms with van der Waals surface area (Å²) in [4.78, 5) is 0. The van der Waals surface area contributed by atoms with Gasteiger partial charge in [0.05, 0.1) is 19.9 Å². The van der Waals surface area contributed by atoms with Crippen LogP contribution in [0.25, 0.3) is 0 Å². The van der Waals surface area contributed by atoms with E-state index in [9.17, 15) is 0 Å². The van der Waals surface area contributed by atoms with Gasteiger partial charge in [-0.2, -0.15) is 5.10 Å². The first-order valence-electron chi connectivity index (χ1n) is 6.96. The highest BCUT2D eigenvalue weighted by molar-refractivity contribution is 9.10. The number of hydrogen-bond donors (Lipinski definition) is 1. The molecule has 0 aliphatic carbocycles. The SMILES string of the molecule is COc1ccc(Br)c(Cn2cc(CNC(C)(C)C)cn2)c1. The molecule has 0 aliphatic heterocycles. The van der Waals surface area contributed by atoms with E-state index < -0.39 is 0 Å². The zero-order chi connectivity index (χ0) is 15.5. The average Bonchev–Trinajstić information content (AvgIpc) is 2.86. The molecule has 21 heavy (non-hydrogen) atoms. The molecular weight excluding hydrogens is 330 g/mol. The summed E-state index contributed by atoms with van der Waals surface area (Å²) >= 11 is 3.57. The van der Waals surface area contributed by atoms with Gasteiger partial charge in [-0.25, -0.2) is 0 Å². The van der Waals surface area contributed by atoms with Crippen molar-refractivity contribution < 1.29 is 4.74 Å². The maximum atomic E-state index is 5.27. The number of hydrogen-bond acceptors (Lipinski definition) is 3. The van der Waals surface area contributed by atoms with Crippen LogP contribution in [-0.4, -0.2) is 22.4 Å². The maximum absolute atomic E-state index is 5.27. The minimum absolute atomic E-state index is 0.109. The Morgan fingerprint density at radius 3 is 2.76 bits per heavy atom. The first-order valence-corrected chi connectivity index (χ1v) is 7.75. The lowest BCUT2D eigenvalue weighted by molar-refractivity contribution is 0.414. The lowest BCUT2D eigenvalue weighted by atomic mass is 10.1. The first kappa shape index (κ1) is 16.0. The highest BCUT2D eigenvalue weighted by atomic mass is 79.9. The standard InChI is InChI=1S/C16H22BrN3O/c1-16(2,3)18-8-12-9-19-20(10-12)11-13-7-14(21-4)5-6-15(13)17/h5-7,9-10,18H,8,11H2,1-4H3. The van der Waals surface area contributed by atoms with Gasteiger partial charge in [0.15, 0.2) is 0 Å². The molecule has 0 saturated carbocycles. The maximum Gasteiger partial charge on any atom is 0.119 e. The number of aromatic nitrogens is 2. The van der Waals surface area contributed by atoms with E-state index in [2.05, 4.69) is 53.3 Å². The van der Waals surface area contributed by atoms with Crippen LogP contribution in [0.2, 0.25) is 0 Å². The summed E-state index contributed by atoms with van der Waals surface area (Å²) in [5.74, 6) is 0.856. The molecule has 0 saturated heterocycles. The molecular formula is C16H22BrN3O. The summed E-state index contributed by atoms with van der Waals surface area (Å²) in [6.07, 6.45) is 3.98. The van der Waals surface area contributed by atoms with E-state index in [1.807, 2.05) is 29.1 Å². The Balaban J connectivity index is 2.05. The summed E-state index contributed by atoms with van der Waals surface area (Å²) in [6, 6.07) is 5.97. The fraction of sp³-hybridized carbons (Fsp3) is 0.438. The smallest absolute Gasteiger partial charge is 0.119 e. The lowest BCUT2D eigenvalue weighted by Gasteiger charge is -2.19. The second-order valence-electron chi connectivity index (χ2n) is 6.11. The van der Waals surface area contributed by atoms with Gasteiger partial charge >= 0.3 is 0 Å². The first-order chi connectivity index (χ1) is 9.87. The molecule has 0 unspecified atom stereocenters. The van der Waals surface area contributed by atoms with Gasteiger partial charge in [-0.15, -0.1) is 0 Å². The topological polar surface area (TPSA) is 39.1 Å². The quantitative estimate of drug-likeness (QED) is 0.894. The van der Waals surface area contributed by atoms with Crippen LogP contribution in [-0.2, 0) is 13.1 Å². The number of nitrogens with one attached hydrogen (secondary N) is 1. The molecule has 0 amide bonds. The van der Waals surface area contributed by atoms with Crippen molar-refractivity contribution in [3.8, 4) is 5.75 Å². The van der Waals surface area contributed by atoms with Crippen molar-refractivity contribution in [1.82, 2.24) is 15.1 Å². The third kappa shape index (κ3) is 4.86. The van der Waals surface area contributed by atoms with E-state index >= 15 is 0 Å². The van der Waals surface area contributed by atoms with Crippen molar-refractivity contribution in [2.24, 2.45) is 0 Å². The number of rotatable bonds is 5. The van der Waals surface area contributed by atoms with Crippen LogP contribution in [0.5, 0.6) is 5.75 Å². The van der Waals surface area contributed by atoms with E-state index in [-0.39, 0.29) is 5.54 Å². The largest absolute Gasteiger partial charge is 0.497 e. The molecule has 4 nitrogen and oxygen atoms in total. The van der Waals surface area contributed by atoms with E-state index in [0.717, 1.165) is 22.3 Å². The number of methoxy groups -OCH3 is 1. The molecule has 2 aromatic rings. The van der Waals surface area contributed by atoms with E-state index in [1.165, 1.54) is 5.56 Å². The Bertz CT molecular complexity index is 602. The van der Waals surface area contributed by atoms with Crippen LogP contribution >= 0.6 is 15.9 Å². The molecule has 1 heterocycles. The number of benzene rings is 1. The van der Waals surface area contributed by atoms with Gasteiger partial charge < -0.3 is 10.1 Å². The van der Waals surface area contributed by atoms with Crippen molar-refractivity contribution in [1.29, 1.82) is 0 Å². The Hall–Kier alpha value is -1.33. The molecule has 0 fully saturated rings. The van der Waals surface area contributed by atoms with Crippen LogP contribution in [0.3, 0.4) is 0 Å². The normalized spacial score (nSPS) is 11.7.